The van der Waals surface area contributed by atoms with Crippen LogP contribution in [-0.4, -0.2) is 36.0 Å². The highest BCUT2D eigenvalue weighted by Crippen LogP contribution is 2.66. The summed E-state index contributed by atoms with van der Waals surface area (Å²) in [4.78, 5) is 2.17. The van der Waals surface area contributed by atoms with Crippen LogP contribution in [0.4, 0.5) is 5.69 Å². The summed E-state index contributed by atoms with van der Waals surface area (Å²) in [5.41, 5.74) is 2.33. The highest BCUT2D eigenvalue weighted by molar-refractivity contribution is 5.47. The summed E-state index contributed by atoms with van der Waals surface area (Å²) in [6.07, 6.45) is 8.86. The van der Waals surface area contributed by atoms with Crippen molar-refractivity contribution in [2.75, 3.05) is 19.0 Å². The SMILES string of the molecule is CN(C)c1ccc([C@H]2C[C@]3(C)[C@@H](O)CC[C@H]3[C@@H]3CC[C@H]4C[C@](C)(O)CC[C@@H]4[C@H]32)cc1. The summed E-state index contributed by atoms with van der Waals surface area (Å²) in [7, 11) is 4.21. The van der Waals surface area contributed by atoms with E-state index in [0.717, 1.165) is 37.5 Å². The first-order valence-corrected chi connectivity index (χ1v) is 12.4. The van der Waals surface area contributed by atoms with Gasteiger partial charge in [0.05, 0.1) is 11.7 Å². The zero-order valence-electron chi connectivity index (χ0n) is 19.3. The van der Waals surface area contributed by atoms with Crippen molar-refractivity contribution in [2.24, 2.45) is 35.0 Å². The van der Waals surface area contributed by atoms with Gasteiger partial charge in [0.15, 0.2) is 0 Å². The monoisotopic (exact) mass is 411 g/mol. The van der Waals surface area contributed by atoms with Gasteiger partial charge in [-0.15, -0.1) is 0 Å². The predicted octanol–water partition coefficient (Wildman–Crippen LogP) is 5.21. The average molecular weight is 412 g/mol. The summed E-state index contributed by atoms with van der Waals surface area (Å²) in [6.45, 7) is 4.45. The second-order valence-electron chi connectivity index (χ2n) is 12.0. The number of benzene rings is 1. The number of rotatable bonds is 2. The molecule has 9 atom stereocenters. The molecule has 0 amide bonds. The van der Waals surface area contributed by atoms with Crippen molar-refractivity contribution in [3.8, 4) is 0 Å². The number of anilines is 1. The Morgan fingerprint density at radius 2 is 1.63 bits per heavy atom. The number of nitrogens with zero attached hydrogens (tertiary/aromatic N) is 1. The average Bonchev–Trinajstić information content (AvgIpc) is 3.01. The van der Waals surface area contributed by atoms with Gasteiger partial charge in [0.1, 0.15) is 0 Å². The van der Waals surface area contributed by atoms with Crippen LogP contribution in [0.3, 0.4) is 0 Å². The molecule has 2 N–H and O–H groups in total. The van der Waals surface area contributed by atoms with Crippen LogP contribution in [0.15, 0.2) is 24.3 Å². The minimum Gasteiger partial charge on any atom is -0.393 e. The molecule has 0 radical (unpaired) electrons. The van der Waals surface area contributed by atoms with Crippen LogP contribution in [0.1, 0.15) is 76.7 Å². The number of hydrogen-bond acceptors (Lipinski definition) is 3. The van der Waals surface area contributed by atoms with E-state index in [-0.39, 0.29) is 11.5 Å². The molecule has 5 rings (SSSR count). The molecule has 3 nitrogen and oxygen atoms in total. The van der Waals surface area contributed by atoms with Crippen molar-refractivity contribution in [1.29, 1.82) is 0 Å². The fraction of sp³-hybridized carbons (Fsp3) is 0.778. The van der Waals surface area contributed by atoms with Crippen LogP contribution < -0.4 is 4.90 Å². The van der Waals surface area contributed by atoms with Gasteiger partial charge in [-0.3, -0.25) is 0 Å². The van der Waals surface area contributed by atoms with Crippen molar-refractivity contribution in [3.05, 3.63) is 29.8 Å². The zero-order chi connectivity index (χ0) is 21.3. The van der Waals surface area contributed by atoms with Gasteiger partial charge in [-0.05, 0) is 117 Å². The molecule has 4 saturated carbocycles. The summed E-state index contributed by atoms with van der Waals surface area (Å²) in [6, 6.07) is 9.28. The number of fused-ring (bicyclic) bond motifs is 5. The first-order valence-electron chi connectivity index (χ1n) is 12.4. The Kier molecular flexibility index (Phi) is 5.02. The van der Waals surface area contributed by atoms with Crippen molar-refractivity contribution < 1.29 is 10.2 Å². The summed E-state index contributed by atoms with van der Waals surface area (Å²) < 4.78 is 0. The summed E-state index contributed by atoms with van der Waals surface area (Å²) >= 11 is 0. The van der Waals surface area contributed by atoms with Gasteiger partial charge in [-0.2, -0.15) is 0 Å². The lowest BCUT2D eigenvalue weighted by atomic mass is 9.46. The van der Waals surface area contributed by atoms with Crippen molar-refractivity contribution in [1.82, 2.24) is 0 Å². The molecule has 4 aliphatic rings. The van der Waals surface area contributed by atoms with Gasteiger partial charge in [0.2, 0.25) is 0 Å². The Morgan fingerprint density at radius 1 is 0.900 bits per heavy atom. The van der Waals surface area contributed by atoms with Crippen molar-refractivity contribution in [2.45, 2.75) is 82.8 Å². The quantitative estimate of drug-likeness (QED) is 0.702. The van der Waals surface area contributed by atoms with E-state index in [1.165, 1.54) is 36.9 Å². The van der Waals surface area contributed by atoms with E-state index < -0.39 is 5.60 Å². The standard InChI is InChI=1S/C27H41NO2/c1-26(30)14-13-20-18(15-26)7-10-21-23-11-12-24(29)27(23,2)16-22(25(20)21)17-5-8-19(9-6-17)28(3)4/h5-6,8-9,18,20-25,29-30H,7,10-16H2,1-4H3/t18-,20-,21-,22+,23-,24-,25+,26+,27-/m0/s1. The van der Waals surface area contributed by atoms with Gasteiger partial charge in [-0.1, -0.05) is 19.1 Å². The highest BCUT2D eigenvalue weighted by Gasteiger charge is 2.60. The molecule has 1 aromatic carbocycles. The van der Waals surface area contributed by atoms with E-state index in [1.807, 2.05) is 0 Å². The van der Waals surface area contributed by atoms with Gasteiger partial charge in [0, 0.05) is 19.8 Å². The van der Waals surface area contributed by atoms with Crippen LogP contribution >= 0.6 is 0 Å². The van der Waals surface area contributed by atoms with E-state index in [2.05, 4.69) is 57.1 Å². The number of aliphatic hydroxyl groups excluding tert-OH is 1. The van der Waals surface area contributed by atoms with E-state index in [1.54, 1.807) is 0 Å². The second-order valence-corrected chi connectivity index (χ2v) is 12.0. The van der Waals surface area contributed by atoms with Gasteiger partial charge >= 0.3 is 0 Å². The van der Waals surface area contributed by atoms with E-state index in [4.69, 9.17) is 0 Å². The molecule has 4 fully saturated rings. The van der Waals surface area contributed by atoms with E-state index in [0.29, 0.717) is 23.7 Å². The Morgan fingerprint density at radius 3 is 2.33 bits per heavy atom. The molecule has 0 aromatic heterocycles. The molecule has 4 aliphatic carbocycles. The molecule has 0 unspecified atom stereocenters. The Labute approximate surface area is 182 Å². The smallest absolute Gasteiger partial charge is 0.0622 e. The van der Waals surface area contributed by atoms with Crippen LogP contribution in [-0.2, 0) is 0 Å². The second kappa shape index (κ2) is 7.24. The van der Waals surface area contributed by atoms with E-state index >= 15 is 0 Å². The normalized spacial score (nSPS) is 47.9. The maximum absolute atomic E-state index is 11.0. The molecule has 30 heavy (non-hydrogen) atoms. The Hall–Kier alpha value is -1.06. The molecular formula is C27H41NO2. The molecule has 0 bridgehead atoms. The molecule has 0 heterocycles. The van der Waals surface area contributed by atoms with Crippen molar-refractivity contribution in [3.63, 3.8) is 0 Å². The molecule has 0 spiro atoms. The van der Waals surface area contributed by atoms with Gasteiger partial charge in [0.25, 0.3) is 0 Å². The molecule has 0 saturated heterocycles. The largest absolute Gasteiger partial charge is 0.393 e. The Bertz CT molecular complexity index is 772. The van der Waals surface area contributed by atoms with Crippen LogP contribution in [0.25, 0.3) is 0 Å². The third-order valence-corrected chi connectivity index (χ3v) is 10.0. The predicted molar refractivity (Wildman–Crippen MR) is 123 cm³/mol. The summed E-state index contributed by atoms with van der Waals surface area (Å²) in [5.74, 6) is 4.09. The molecule has 1 aromatic rings. The highest BCUT2D eigenvalue weighted by atomic mass is 16.3. The molecular weight excluding hydrogens is 370 g/mol. The van der Waals surface area contributed by atoms with Crippen LogP contribution in [0, 0.1) is 35.0 Å². The third kappa shape index (κ3) is 3.23. The van der Waals surface area contributed by atoms with Gasteiger partial charge in [-0.25, -0.2) is 0 Å². The Balaban J connectivity index is 1.53. The lowest BCUT2D eigenvalue weighted by Gasteiger charge is -2.59. The minimum absolute atomic E-state index is 0.0685. The number of hydrogen-bond donors (Lipinski definition) is 2. The first-order chi connectivity index (χ1) is 14.2. The fourth-order valence-corrected chi connectivity index (χ4v) is 8.54. The van der Waals surface area contributed by atoms with Crippen LogP contribution in [0.2, 0.25) is 0 Å². The minimum atomic E-state index is -0.469. The zero-order valence-corrected chi connectivity index (χ0v) is 19.3. The molecule has 0 aliphatic heterocycles. The maximum atomic E-state index is 11.0. The lowest BCUT2D eigenvalue weighted by Crippen LogP contribution is -2.53. The third-order valence-electron chi connectivity index (χ3n) is 10.0. The first kappa shape index (κ1) is 20.8. The van der Waals surface area contributed by atoms with E-state index in [9.17, 15) is 10.2 Å². The maximum Gasteiger partial charge on any atom is 0.0622 e. The van der Waals surface area contributed by atoms with Crippen LogP contribution in [0.5, 0.6) is 0 Å². The fourth-order valence-electron chi connectivity index (χ4n) is 8.54. The summed E-state index contributed by atoms with van der Waals surface area (Å²) in [5, 5.41) is 21.8. The topological polar surface area (TPSA) is 43.7 Å². The van der Waals surface area contributed by atoms with Gasteiger partial charge < -0.3 is 15.1 Å². The number of aliphatic hydroxyl groups is 2. The van der Waals surface area contributed by atoms with Crippen molar-refractivity contribution >= 4 is 5.69 Å². The molecule has 166 valence electrons. The lowest BCUT2D eigenvalue weighted by molar-refractivity contribution is -0.118. The molecule has 3 heteroatoms.